The summed E-state index contributed by atoms with van der Waals surface area (Å²) < 4.78 is 0. The van der Waals surface area contributed by atoms with E-state index in [4.69, 9.17) is 5.11 Å². The van der Waals surface area contributed by atoms with Crippen LogP contribution in [0.15, 0.2) is 24.3 Å². The molecule has 1 aliphatic rings. The zero-order valence-corrected chi connectivity index (χ0v) is 8.09. The van der Waals surface area contributed by atoms with Crippen LogP contribution >= 0.6 is 0 Å². The molecule has 0 spiro atoms. The first-order valence-electron chi connectivity index (χ1n) is 4.77. The number of hydrogen-bond donors (Lipinski definition) is 1. The van der Waals surface area contributed by atoms with Crippen LogP contribution in [0.1, 0.15) is 17.9 Å². The largest absolute Gasteiger partial charge is 0.481 e. The monoisotopic (exact) mass is 205 g/mol. The molecule has 1 aromatic carbocycles. The molecule has 0 aromatic heterocycles. The Balaban J connectivity index is 2.47. The first-order chi connectivity index (χ1) is 7.24. The van der Waals surface area contributed by atoms with Gasteiger partial charge in [-0.3, -0.25) is 9.59 Å². The Morgan fingerprint density at radius 1 is 1.47 bits per heavy atom. The molecular formula is C11H11NO3. The number of nitrogens with zero attached hydrogens (tertiary/aromatic N) is 1. The van der Waals surface area contributed by atoms with Gasteiger partial charge in [0.2, 0.25) is 6.41 Å². The van der Waals surface area contributed by atoms with Gasteiger partial charge in [-0.15, -0.1) is 0 Å². The second-order valence-electron chi connectivity index (χ2n) is 3.54. The third-order valence-corrected chi connectivity index (χ3v) is 2.71. The van der Waals surface area contributed by atoms with Gasteiger partial charge in [-0.05, 0) is 18.1 Å². The van der Waals surface area contributed by atoms with E-state index >= 15 is 0 Å². The van der Waals surface area contributed by atoms with Crippen molar-refractivity contribution in [1.29, 1.82) is 0 Å². The summed E-state index contributed by atoms with van der Waals surface area (Å²) in [7, 11) is 0. The highest BCUT2D eigenvalue weighted by atomic mass is 16.4. The first kappa shape index (κ1) is 9.71. The van der Waals surface area contributed by atoms with Gasteiger partial charge in [0.05, 0.1) is 5.92 Å². The molecule has 0 saturated heterocycles. The maximum atomic E-state index is 11.0. The summed E-state index contributed by atoms with van der Waals surface area (Å²) in [5, 5.41) is 9.04. The minimum absolute atomic E-state index is 0.470. The second-order valence-corrected chi connectivity index (χ2v) is 3.54. The number of fused-ring (bicyclic) bond motifs is 1. The summed E-state index contributed by atoms with van der Waals surface area (Å²) in [6.07, 6.45) is 1.22. The van der Waals surface area contributed by atoms with Gasteiger partial charge in [-0.2, -0.15) is 0 Å². The van der Waals surface area contributed by atoms with Crippen LogP contribution in [-0.2, 0) is 9.59 Å². The molecule has 4 heteroatoms. The summed E-state index contributed by atoms with van der Waals surface area (Å²) in [6.45, 7) is 0.470. The van der Waals surface area contributed by atoms with Gasteiger partial charge in [0, 0.05) is 12.2 Å². The zero-order valence-electron chi connectivity index (χ0n) is 8.09. The zero-order chi connectivity index (χ0) is 10.8. The fraction of sp³-hybridized carbons (Fsp3) is 0.273. The molecule has 0 radical (unpaired) electrons. The van der Waals surface area contributed by atoms with Crippen LogP contribution in [0, 0.1) is 0 Å². The highest BCUT2D eigenvalue weighted by molar-refractivity contribution is 5.85. The molecule has 1 unspecified atom stereocenters. The lowest BCUT2D eigenvalue weighted by atomic mass is 9.90. The van der Waals surface area contributed by atoms with E-state index in [0.29, 0.717) is 18.7 Å². The van der Waals surface area contributed by atoms with E-state index in [2.05, 4.69) is 0 Å². The predicted molar refractivity (Wildman–Crippen MR) is 54.8 cm³/mol. The number of rotatable bonds is 2. The van der Waals surface area contributed by atoms with E-state index in [0.717, 1.165) is 12.0 Å². The average molecular weight is 205 g/mol. The molecule has 78 valence electrons. The third-order valence-electron chi connectivity index (χ3n) is 2.71. The van der Waals surface area contributed by atoms with Crippen LogP contribution in [0.2, 0.25) is 0 Å². The summed E-state index contributed by atoms with van der Waals surface area (Å²) in [6, 6.07) is 7.14. The number of hydrogen-bond acceptors (Lipinski definition) is 2. The molecule has 4 nitrogen and oxygen atoms in total. The van der Waals surface area contributed by atoms with E-state index < -0.39 is 11.9 Å². The Morgan fingerprint density at radius 3 is 2.87 bits per heavy atom. The predicted octanol–water partition coefficient (Wildman–Crippen LogP) is 1.22. The van der Waals surface area contributed by atoms with Crippen LogP contribution in [0.4, 0.5) is 5.69 Å². The van der Waals surface area contributed by atoms with Crippen molar-refractivity contribution in [3.05, 3.63) is 29.8 Å². The Bertz CT molecular complexity index is 403. The highest BCUT2D eigenvalue weighted by Crippen LogP contribution is 2.34. The van der Waals surface area contributed by atoms with E-state index in [1.54, 1.807) is 29.2 Å². The minimum Gasteiger partial charge on any atom is -0.481 e. The number of carbonyl (C=O) groups excluding carboxylic acids is 1. The van der Waals surface area contributed by atoms with Crippen molar-refractivity contribution in [2.45, 2.75) is 12.3 Å². The molecule has 0 saturated carbocycles. The number of para-hydroxylation sites is 1. The van der Waals surface area contributed by atoms with Gasteiger partial charge < -0.3 is 10.0 Å². The van der Waals surface area contributed by atoms with Gasteiger partial charge in [0.1, 0.15) is 0 Å². The Morgan fingerprint density at radius 2 is 2.20 bits per heavy atom. The van der Waals surface area contributed by atoms with E-state index in [1.807, 2.05) is 0 Å². The summed E-state index contributed by atoms with van der Waals surface area (Å²) in [5.74, 6) is -1.31. The Labute approximate surface area is 87.1 Å². The maximum Gasteiger partial charge on any atom is 0.311 e. The van der Waals surface area contributed by atoms with Gasteiger partial charge in [0.25, 0.3) is 0 Å². The van der Waals surface area contributed by atoms with Crippen molar-refractivity contribution < 1.29 is 14.7 Å². The van der Waals surface area contributed by atoms with Gasteiger partial charge >= 0.3 is 5.97 Å². The van der Waals surface area contributed by atoms with Gasteiger partial charge in [0.15, 0.2) is 0 Å². The Kier molecular flexibility index (Phi) is 2.41. The molecular weight excluding hydrogens is 194 g/mol. The molecule has 0 aliphatic carbocycles. The van der Waals surface area contributed by atoms with Crippen molar-refractivity contribution in [3.8, 4) is 0 Å². The van der Waals surface area contributed by atoms with Gasteiger partial charge in [-0.25, -0.2) is 0 Å². The van der Waals surface area contributed by atoms with E-state index in [-0.39, 0.29) is 0 Å². The second kappa shape index (κ2) is 3.73. The number of carbonyl (C=O) groups is 2. The molecule has 0 bridgehead atoms. The number of aliphatic carboxylic acids is 1. The number of anilines is 1. The maximum absolute atomic E-state index is 11.0. The molecule has 2 rings (SSSR count). The molecule has 1 amide bonds. The Hall–Kier alpha value is -1.84. The minimum atomic E-state index is -0.826. The van der Waals surface area contributed by atoms with Crippen molar-refractivity contribution in [3.63, 3.8) is 0 Å². The summed E-state index contributed by atoms with van der Waals surface area (Å²) in [4.78, 5) is 23.3. The van der Waals surface area contributed by atoms with Crippen molar-refractivity contribution in [2.75, 3.05) is 11.4 Å². The molecule has 15 heavy (non-hydrogen) atoms. The topological polar surface area (TPSA) is 57.6 Å². The fourth-order valence-corrected chi connectivity index (χ4v) is 1.95. The highest BCUT2D eigenvalue weighted by Gasteiger charge is 2.29. The van der Waals surface area contributed by atoms with Crippen LogP contribution in [0.25, 0.3) is 0 Å². The van der Waals surface area contributed by atoms with Crippen LogP contribution in [0.3, 0.4) is 0 Å². The van der Waals surface area contributed by atoms with Crippen molar-refractivity contribution in [1.82, 2.24) is 0 Å². The standard InChI is InChI=1S/C11H11NO3/c13-7-12-6-5-9(11(14)15)8-3-1-2-4-10(8)12/h1-4,7,9H,5-6H2,(H,14,15). The molecule has 1 atom stereocenters. The normalized spacial score (nSPS) is 19.5. The summed E-state index contributed by atoms with van der Waals surface area (Å²) >= 11 is 0. The number of benzene rings is 1. The first-order valence-corrected chi connectivity index (χ1v) is 4.77. The molecule has 0 fully saturated rings. The van der Waals surface area contributed by atoms with Crippen LogP contribution < -0.4 is 4.90 Å². The molecule has 1 N–H and O–H groups in total. The van der Waals surface area contributed by atoms with Gasteiger partial charge in [-0.1, -0.05) is 18.2 Å². The SMILES string of the molecule is O=CN1CCC(C(=O)O)c2ccccc21. The summed E-state index contributed by atoms with van der Waals surface area (Å²) in [5.41, 5.74) is 1.44. The molecule has 1 aromatic rings. The number of carboxylic acids is 1. The lowest BCUT2D eigenvalue weighted by molar-refractivity contribution is -0.139. The lowest BCUT2D eigenvalue weighted by Gasteiger charge is -2.29. The van der Waals surface area contributed by atoms with Crippen molar-refractivity contribution >= 4 is 18.1 Å². The third kappa shape index (κ3) is 1.58. The van der Waals surface area contributed by atoms with Crippen LogP contribution in [-0.4, -0.2) is 24.0 Å². The molecule has 1 aliphatic heterocycles. The quantitative estimate of drug-likeness (QED) is 0.738. The van der Waals surface area contributed by atoms with E-state index in [1.165, 1.54) is 0 Å². The lowest BCUT2D eigenvalue weighted by Crippen LogP contribution is -2.32. The number of amides is 1. The number of carboxylic acid groups (broad SMARTS) is 1. The van der Waals surface area contributed by atoms with Crippen LogP contribution in [0.5, 0.6) is 0 Å². The van der Waals surface area contributed by atoms with Crippen molar-refractivity contribution in [2.24, 2.45) is 0 Å². The molecule has 1 heterocycles. The fourth-order valence-electron chi connectivity index (χ4n) is 1.95. The van der Waals surface area contributed by atoms with E-state index in [9.17, 15) is 9.59 Å². The average Bonchev–Trinajstić information content (AvgIpc) is 2.27. The smallest absolute Gasteiger partial charge is 0.311 e.